The molecular weight excluding hydrogens is 354 g/mol. The molecule has 0 radical (unpaired) electrons. The highest BCUT2D eigenvalue weighted by molar-refractivity contribution is 7.17. The lowest BCUT2D eigenvalue weighted by Crippen LogP contribution is -2.16. The zero-order valence-corrected chi connectivity index (χ0v) is 15.8. The van der Waals surface area contributed by atoms with Crippen LogP contribution in [0.1, 0.15) is 35.0 Å². The fourth-order valence-corrected chi connectivity index (χ4v) is 3.57. The van der Waals surface area contributed by atoms with Crippen LogP contribution in [0.25, 0.3) is 11.1 Å². The third kappa shape index (κ3) is 4.70. The van der Waals surface area contributed by atoms with Crippen molar-refractivity contribution in [1.29, 1.82) is 0 Å². The van der Waals surface area contributed by atoms with Crippen molar-refractivity contribution in [2.24, 2.45) is 0 Å². The van der Waals surface area contributed by atoms with Crippen molar-refractivity contribution in [3.05, 3.63) is 40.8 Å². The lowest BCUT2D eigenvalue weighted by Gasteiger charge is -2.09. The van der Waals surface area contributed by atoms with Gasteiger partial charge in [0.25, 0.3) is 0 Å². The number of ether oxygens (including phenoxy) is 2. The maximum atomic E-state index is 12.5. The third-order valence-corrected chi connectivity index (χ3v) is 4.68. The van der Waals surface area contributed by atoms with Crippen LogP contribution in [0.5, 0.6) is 0 Å². The van der Waals surface area contributed by atoms with Crippen molar-refractivity contribution in [2.75, 3.05) is 19.0 Å². The number of esters is 2. The van der Waals surface area contributed by atoms with Crippen molar-refractivity contribution >= 4 is 34.2 Å². The van der Waals surface area contributed by atoms with Crippen LogP contribution in [0, 0.1) is 6.92 Å². The summed E-state index contributed by atoms with van der Waals surface area (Å²) < 4.78 is 9.72. The maximum absolute atomic E-state index is 12.5. The smallest absolute Gasteiger partial charge is 0.341 e. The second-order valence-electron chi connectivity index (χ2n) is 5.45. The van der Waals surface area contributed by atoms with Crippen molar-refractivity contribution in [1.82, 2.24) is 0 Å². The molecule has 0 spiro atoms. The van der Waals surface area contributed by atoms with Gasteiger partial charge in [-0.25, -0.2) is 4.79 Å². The highest BCUT2D eigenvalue weighted by Crippen LogP contribution is 2.40. The molecule has 1 aromatic carbocycles. The molecule has 0 atom stereocenters. The minimum Gasteiger partial charge on any atom is -0.469 e. The van der Waals surface area contributed by atoms with Crippen molar-refractivity contribution < 1.29 is 23.9 Å². The molecule has 138 valence electrons. The summed E-state index contributed by atoms with van der Waals surface area (Å²) in [6.45, 7) is 3.85. The predicted octanol–water partition coefficient (Wildman–Crippen LogP) is 3.79. The fourth-order valence-electron chi connectivity index (χ4n) is 2.49. The lowest BCUT2D eigenvalue weighted by molar-refractivity contribution is -0.141. The van der Waals surface area contributed by atoms with E-state index in [0.717, 1.165) is 16.0 Å². The number of nitrogens with one attached hydrogen (secondary N) is 1. The van der Waals surface area contributed by atoms with Crippen LogP contribution in [0.15, 0.2) is 30.3 Å². The molecule has 0 saturated heterocycles. The number of benzene rings is 1. The molecule has 6 nitrogen and oxygen atoms in total. The van der Waals surface area contributed by atoms with Gasteiger partial charge in [0.1, 0.15) is 10.6 Å². The molecule has 0 unspecified atom stereocenters. The van der Waals surface area contributed by atoms with Gasteiger partial charge in [0.15, 0.2) is 0 Å². The molecule has 1 heterocycles. The number of aryl methyl sites for hydroxylation is 1. The molecule has 0 aliphatic rings. The van der Waals surface area contributed by atoms with Crippen LogP contribution < -0.4 is 5.32 Å². The molecule has 1 amide bonds. The number of carbonyl (C=O) groups excluding carboxylic acids is 3. The largest absolute Gasteiger partial charge is 0.469 e. The van der Waals surface area contributed by atoms with Gasteiger partial charge < -0.3 is 14.8 Å². The van der Waals surface area contributed by atoms with Gasteiger partial charge in [-0.2, -0.15) is 0 Å². The Balaban J connectivity index is 2.35. The first-order chi connectivity index (χ1) is 12.5. The van der Waals surface area contributed by atoms with Gasteiger partial charge >= 0.3 is 11.9 Å². The molecule has 2 rings (SSSR count). The molecule has 0 aliphatic carbocycles. The first-order valence-corrected chi connectivity index (χ1v) is 9.02. The van der Waals surface area contributed by atoms with Gasteiger partial charge in [-0.3, -0.25) is 9.59 Å². The first-order valence-electron chi connectivity index (χ1n) is 8.20. The quantitative estimate of drug-likeness (QED) is 0.745. The summed E-state index contributed by atoms with van der Waals surface area (Å²) in [5.41, 5.74) is 1.96. The van der Waals surface area contributed by atoms with E-state index in [2.05, 4.69) is 10.1 Å². The lowest BCUT2D eigenvalue weighted by atomic mass is 10.0. The highest BCUT2D eigenvalue weighted by atomic mass is 32.1. The van der Waals surface area contributed by atoms with Gasteiger partial charge in [-0.05, 0) is 19.4 Å². The minimum absolute atomic E-state index is 0.0209. The number of carbonyl (C=O) groups is 3. The van der Waals surface area contributed by atoms with Gasteiger partial charge in [-0.15, -0.1) is 11.3 Å². The average molecular weight is 375 g/mol. The van der Waals surface area contributed by atoms with E-state index in [1.165, 1.54) is 18.4 Å². The minimum atomic E-state index is -0.487. The SMILES string of the molecule is CCOC(=O)c1c(NC(=O)CCC(=O)OC)sc(C)c1-c1ccccc1. The van der Waals surface area contributed by atoms with Gasteiger partial charge in [0.05, 0.1) is 20.1 Å². The van der Waals surface area contributed by atoms with E-state index in [9.17, 15) is 14.4 Å². The van der Waals surface area contributed by atoms with Crippen LogP contribution in [0.4, 0.5) is 5.00 Å². The summed E-state index contributed by atoms with van der Waals surface area (Å²) in [6, 6.07) is 9.47. The van der Waals surface area contributed by atoms with E-state index in [-0.39, 0.29) is 25.4 Å². The number of thiophene rings is 1. The first kappa shape index (κ1) is 19.7. The second-order valence-corrected chi connectivity index (χ2v) is 6.67. The third-order valence-electron chi connectivity index (χ3n) is 3.66. The molecule has 0 saturated carbocycles. The van der Waals surface area contributed by atoms with E-state index in [1.54, 1.807) is 6.92 Å². The number of hydrogen-bond donors (Lipinski definition) is 1. The highest BCUT2D eigenvalue weighted by Gasteiger charge is 2.25. The zero-order chi connectivity index (χ0) is 19.1. The average Bonchev–Trinajstić information content (AvgIpc) is 2.96. The summed E-state index contributed by atoms with van der Waals surface area (Å²) in [5.74, 6) is -1.31. The molecule has 0 fully saturated rings. The number of hydrogen-bond acceptors (Lipinski definition) is 6. The number of amides is 1. The Kier molecular flexibility index (Phi) is 6.91. The Morgan fingerprint density at radius 1 is 1.12 bits per heavy atom. The van der Waals surface area contributed by atoms with Crippen molar-refractivity contribution in [3.63, 3.8) is 0 Å². The molecule has 2 aromatic rings. The van der Waals surface area contributed by atoms with Crippen LogP contribution in [-0.2, 0) is 19.1 Å². The van der Waals surface area contributed by atoms with Gasteiger partial charge in [-0.1, -0.05) is 30.3 Å². The van der Waals surface area contributed by atoms with Crippen molar-refractivity contribution in [2.45, 2.75) is 26.7 Å². The molecule has 0 aliphatic heterocycles. The molecule has 1 aromatic heterocycles. The predicted molar refractivity (Wildman–Crippen MR) is 100 cm³/mol. The van der Waals surface area contributed by atoms with E-state index >= 15 is 0 Å². The van der Waals surface area contributed by atoms with Gasteiger partial charge in [0.2, 0.25) is 5.91 Å². The van der Waals surface area contributed by atoms with E-state index < -0.39 is 11.9 Å². The normalized spacial score (nSPS) is 10.3. The second kappa shape index (κ2) is 9.15. The number of methoxy groups -OCH3 is 1. The molecule has 7 heteroatoms. The Labute approximate surface area is 156 Å². The maximum Gasteiger partial charge on any atom is 0.341 e. The van der Waals surface area contributed by atoms with Crippen LogP contribution >= 0.6 is 11.3 Å². The molecular formula is C19H21NO5S. The molecule has 0 bridgehead atoms. The van der Waals surface area contributed by atoms with Crippen molar-refractivity contribution in [3.8, 4) is 11.1 Å². The Bertz CT molecular complexity index is 798. The summed E-state index contributed by atoms with van der Waals surface area (Å²) in [7, 11) is 1.27. The summed E-state index contributed by atoms with van der Waals surface area (Å²) in [6.07, 6.45) is -0.0421. The zero-order valence-electron chi connectivity index (χ0n) is 15.0. The summed E-state index contributed by atoms with van der Waals surface area (Å²) in [4.78, 5) is 36.8. The Morgan fingerprint density at radius 3 is 2.42 bits per heavy atom. The fraction of sp³-hybridized carbons (Fsp3) is 0.316. The monoisotopic (exact) mass is 375 g/mol. The summed E-state index contributed by atoms with van der Waals surface area (Å²) >= 11 is 1.31. The Morgan fingerprint density at radius 2 is 1.81 bits per heavy atom. The molecule has 26 heavy (non-hydrogen) atoms. The van der Waals surface area contributed by atoms with Crippen LogP contribution in [0.3, 0.4) is 0 Å². The number of rotatable bonds is 7. The van der Waals surface area contributed by atoms with Gasteiger partial charge in [0, 0.05) is 16.9 Å². The van der Waals surface area contributed by atoms with E-state index in [1.807, 2.05) is 37.3 Å². The van der Waals surface area contributed by atoms with Crippen LogP contribution in [0.2, 0.25) is 0 Å². The Hall–Kier alpha value is -2.67. The van der Waals surface area contributed by atoms with E-state index in [0.29, 0.717) is 10.6 Å². The van der Waals surface area contributed by atoms with E-state index in [4.69, 9.17) is 4.74 Å². The van der Waals surface area contributed by atoms with Crippen LogP contribution in [-0.4, -0.2) is 31.6 Å². The standard InChI is InChI=1S/C19H21NO5S/c1-4-25-19(23)17-16(13-8-6-5-7-9-13)12(2)26-18(17)20-14(21)10-11-15(22)24-3/h5-9H,4,10-11H2,1-3H3,(H,20,21). The molecule has 1 N–H and O–H groups in total. The number of anilines is 1. The topological polar surface area (TPSA) is 81.7 Å². The summed E-state index contributed by atoms with van der Waals surface area (Å²) in [5, 5.41) is 3.16.